The molecule has 0 bridgehead atoms. The molecule has 0 spiro atoms. The molecule has 200 valence electrons. The van der Waals surface area contributed by atoms with Gasteiger partial charge in [0, 0.05) is 50.5 Å². The minimum absolute atomic E-state index is 0.00673. The molecule has 38 heavy (non-hydrogen) atoms. The predicted molar refractivity (Wildman–Crippen MR) is 153 cm³/mol. The largest absolute Gasteiger partial charge is 0.492 e. The molecule has 3 aromatic rings. The average molecular weight is 514 g/mol. The number of hydrogen-bond acceptors (Lipinski definition) is 5. The molecule has 0 aliphatic carbocycles. The Morgan fingerprint density at radius 1 is 0.842 bits per heavy atom. The molecule has 1 N–H and O–H groups in total. The van der Waals surface area contributed by atoms with E-state index in [2.05, 4.69) is 57.6 Å². The third-order valence-corrected chi connectivity index (χ3v) is 7.45. The van der Waals surface area contributed by atoms with Crippen molar-refractivity contribution in [2.45, 2.75) is 25.7 Å². The van der Waals surface area contributed by atoms with Crippen molar-refractivity contribution in [1.82, 2.24) is 10.2 Å². The fraction of sp³-hybridized carbons (Fsp3) is 0.406. The maximum absolute atomic E-state index is 12.7. The van der Waals surface area contributed by atoms with Crippen LogP contribution in [-0.2, 0) is 11.2 Å². The second-order valence-corrected chi connectivity index (χ2v) is 10.1. The molecule has 0 radical (unpaired) electrons. The summed E-state index contributed by atoms with van der Waals surface area (Å²) in [6.07, 6.45) is 4.55. The second kappa shape index (κ2) is 13.4. The van der Waals surface area contributed by atoms with Crippen LogP contribution < -0.4 is 15.0 Å². The van der Waals surface area contributed by atoms with Crippen LogP contribution in [-0.4, -0.2) is 69.9 Å². The Morgan fingerprint density at radius 2 is 1.55 bits per heavy atom. The van der Waals surface area contributed by atoms with Gasteiger partial charge in [0.15, 0.2) is 0 Å². The number of nitrogens with one attached hydrogen (secondary N) is 1. The standard InChI is InChI=1S/C32H39N3O3/c36-32(29-5-4-6-30(25-29)35-17-2-1-3-18-35)33-16-15-26-7-9-27(10-8-26)28-11-13-31(14-12-28)38-24-21-34-19-22-37-23-20-34/h4-14,25H,1-3,15-24H2,(H,33,36). The number of piperidine rings is 1. The zero-order valence-electron chi connectivity index (χ0n) is 22.2. The third-order valence-electron chi connectivity index (χ3n) is 7.45. The third kappa shape index (κ3) is 7.36. The smallest absolute Gasteiger partial charge is 0.251 e. The van der Waals surface area contributed by atoms with Gasteiger partial charge in [-0.1, -0.05) is 42.5 Å². The fourth-order valence-electron chi connectivity index (χ4n) is 5.14. The fourth-order valence-corrected chi connectivity index (χ4v) is 5.14. The minimum atomic E-state index is -0.00673. The van der Waals surface area contributed by atoms with Gasteiger partial charge in [-0.15, -0.1) is 0 Å². The number of nitrogens with zero attached hydrogens (tertiary/aromatic N) is 2. The summed E-state index contributed by atoms with van der Waals surface area (Å²) < 4.78 is 11.3. The van der Waals surface area contributed by atoms with Crippen LogP contribution in [0.2, 0.25) is 0 Å². The molecule has 2 aliphatic rings. The number of rotatable bonds is 10. The average Bonchev–Trinajstić information content (AvgIpc) is 2.99. The van der Waals surface area contributed by atoms with Crippen molar-refractivity contribution in [2.24, 2.45) is 0 Å². The van der Waals surface area contributed by atoms with E-state index in [1.165, 1.54) is 36.0 Å². The Kier molecular flexibility index (Phi) is 9.29. The quantitative estimate of drug-likeness (QED) is 0.412. The van der Waals surface area contributed by atoms with E-state index in [9.17, 15) is 4.79 Å². The lowest BCUT2D eigenvalue weighted by Crippen LogP contribution is -2.38. The number of hydrogen-bond donors (Lipinski definition) is 1. The molecule has 6 heteroatoms. The maximum atomic E-state index is 12.7. The Morgan fingerprint density at radius 3 is 2.29 bits per heavy atom. The predicted octanol–water partition coefficient (Wildman–Crippen LogP) is 5.03. The molecule has 0 atom stereocenters. The molecule has 2 heterocycles. The number of carbonyl (C=O) groups excluding carboxylic acids is 1. The molecule has 0 unspecified atom stereocenters. The Hall–Kier alpha value is -3.35. The highest BCUT2D eigenvalue weighted by molar-refractivity contribution is 5.95. The summed E-state index contributed by atoms with van der Waals surface area (Å²) in [6.45, 7) is 7.98. The highest BCUT2D eigenvalue weighted by Crippen LogP contribution is 2.23. The van der Waals surface area contributed by atoms with Gasteiger partial charge in [0.2, 0.25) is 0 Å². The lowest BCUT2D eigenvalue weighted by molar-refractivity contribution is 0.0322. The van der Waals surface area contributed by atoms with Crippen LogP contribution in [0.4, 0.5) is 5.69 Å². The first-order valence-electron chi connectivity index (χ1n) is 14.0. The molecule has 5 rings (SSSR count). The van der Waals surface area contributed by atoms with Gasteiger partial charge >= 0.3 is 0 Å². The van der Waals surface area contributed by atoms with Gasteiger partial charge in [0.25, 0.3) is 5.91 Å². The summed E-state index contributed by atoms with van der Waals surface area (Å²) in [6, 6.07) is 24.9. The Labute approximate surface area is 226 Å². The van der Waals surface area contributed by atoms with Gasteiger partial charge in [-0.25, -0.2) is 0 Å². The number of carbonyl (C=O) groups is 1. The van der Waals surface area contributed by atoms with E-state index in [0.29, 0.717) is 13.2 Å². The van der Waals surface area contributed by atoms with Crippen LogP contribution >= 0.6 is 0 Å². The number of benzene rings is 3. The zero-order valence-corrected chi connectivity index (χ0v) is 22.2. The summed E-state index contributed by atoms with van der Waals surface area (Å²) in [7, 11) is 0. The first-order valence-corrected chi connectivity index (χ1v) is 14.0. The number of anilines is 1. The second-order valence-electron chi connectivity index (χ2n) is 10.1. The van der Waals surface area contributed by atoms with Gasteiger partial charge in [-0.05, 0) is 72.7 Å². The maximum Gasteiger partial charge on any atom is 0.251 e. The summed E-state index contributed by atoms with van der Waals surface area (Å²) in [5.74, 6) is 0.892. The molecule has 2 fully saturated rings. The highest BCUT2D eigenvalue weighted by Gasteiger charge is 2.13. The van der Waals surface area contributed by atoms with E-state index in [1.807, 2.05) is 30.3 Å². The van der Waals surface area contributed by atoms with Crippen LogP contribution in [0.3, 0.4) is 0 Å². The van der Waals surface area contributed by atoms with E-state index < -0.39 is 0 Å². The molecular formula is C32H39N3O3. The van der Waals surface area contributed by atoms with Crippen LogP contribution in [0.5, 0.6) is 5.75 Å². The summed E-state index contributed by atoms with van der Waals surface area (Å²) in [4.78, 5) is 17.5. The number of morpholine rings is 1. The normalized spacial score (nSPS) is 16.3. The van der Waals surface area contributed by atoms with Gasteiger partial charge in [0.1, 0.15) is 12.4 Å². The summed E-state index contributed by atoms with van der Waals surface area (Å²) >= 11 is 0. The van der Waals surface area contributed by atoms with Crippen molar-refractivity contribution in [3.8, 4) is 16.9 Å². The van der Waals surface area contributed by atoms with Crippen LogP contribution in [0.25, 0.3) is 11.1 Å². The molecule has 0 aromatic heterocycles. The highest BCUT2D eigenvalue weighted by atomic mass is 16.5. The van der Waals surface area contributed by atoms with Crippen LogP contribution in [0.15, 0.2) is 72.8 Å². The van der Waals surface area contributed by atoms with Crippen LogP contribution in [0.1, 0.15) is 35.2 Å². The van der Waals surface area contributed by atoms with Gasteiger partial charge in [-0.3, -0.25) is 9.69 Å². The zero-order chi connectivity index (χ0) is 26.0. The van der Waals surface area contributed by atoms with Gasteiger partial charge < -0.3 is 19.7 Å². The minimum Gasteiger partial charge on any atom is -0.492 e. The van der Waals surface area contributed by atoms with Crippen molar-refractivity contribution in [1.29, 1.82) is 0 Å². The SMILES string of the molecule is O=C(NCCc1ccc(-c2ccc(OCCN3CCOCC3)cc2)cc1)c1cccc(N2CCCCC2)c1. The van der Waals surface area contributed by atoms with Crippen LogP contribution in [0, 0.1) is 0 Å². The van der Waals surface area contributed by atoms with Crippen molar-refractivity contribution < 1.29 is 14.3 Å². The van der Waals surface area contributed by atoms with Crippen molar-refractivity contribution in [3.05, 3.63) is 83.9 Å². The number of ether oxygens (including phenoxy) is 2. The monoisotopic (exact) mass is 513 g/mol. The van der Waals surface area contributed by atoms with E-state index in [0.717, 1.165) is 69.4 Å². The topological polar surface area (TPSA) is 54.0 Å². The van der Waals surface area contributed by atoms with E-state index in [1.54, 1.807) is 0 Å². The molecule has 2 saturated heterocycles. The first-order chi connectivity index (χ1) is 18.7. The molecule has 0 saturated carbocycles. The molecule has 6 nitrogen and oxygen atoms in total. The van der Waals surface area contributed by atoms with Crippen molar-refractivity contribution in [2.75, 3.05) is 64.0 Å². The van der Waals surface area contributed by atoms with E-state index in [4.69, 9.17) is 9.47 Å². The van der Waals surface area contributed by atoms with Crippen molar-refractivity contribution in [3.63, 3.8) is 0 Å². The lowest BCUT2D eigenvalue weighted by atomic mass is 10.0. The summed E-state index contributed by atoms with van der Waals surface area (Å²) in [5.41, 5.74) is 5.43. The molecule has 3 aromatic carbocycles. The number of amides is 1. The van der Waals surface area contributed by atoms with E-state index >= 15 is 0 Å². The van der Waals surface area contributed by atoms with E-state index in [-0.39, 0.29) is 5.91 Å². The first kappa shape index (κ1) is 26.3. The van der Waals surface area contributed by atoms with Crippen molar-refractivity contribution >= 4 is 11.6 Å². The summed E-state index contributed by atoms with van der Waals surface area (Å²) in [5, 5.41) is 3.09. The molecular weight excluding hydrogens is 474 g/mol. The lowest BCUT2D eigenvalue weighted by Gasteiger charge is -2.29. The Balaban J connectivity index is 1.06. The van der Waals surface area contributed by atoms with Gasteiger partial charge in [0.05, 0.1) is 13.2 Å². The molecule has 2 aliphatic heterocycles. The molecule has 1 amide bonds. The Bertz CT molecular complexity index is 1150. The van der Waals surface area contributed by atoms with Gasteiger partial charge in [-0.2, -0.15) is 0 Å².